The molecule has 5 aromatic rings. The van der Waals surface area contributed by atoms with Crippen molar-refractivity contribution in [1.29, 1.82) is 0 Å². The van der Waals surface area contributed by atoms with Crippen LogP contribution in [0, 0.1) is 11.7 Å². The number of aryl methyl sites for hydroxylation is 1. The van der Waals surface area contributed by atoms with Crippen LogP contribution >= 0.6 is 12.2 Å². The number of ether oxygens (including phenoxy) is 1. The van der Waals surface area contributed by atoms with Gasteiger partial charge in [0.2, 0.25) is 5.88 Å². The lowest BCUT2D eigenvalue weighted by molar-refractivity contribution is -0.141. The van der Waals surface area contributed by atoms with E-state index in [-0.39, 0.29) is 0 Å². The molecule has 9 nitrogen and oxygen atoms in total. The maximum Gasteiger partial charge on any atom is 0.435 e. The molecule has 1 aliphatic carbocycles. The first-order chi connectivity index (χ1) is 18.2. The number of methoxy groups -OCH3 is 1. The van der Waals surface area contributed by atoms with Gasteiger partial charge in [-0.1, -0.05) is 12.1 Å². The van der Waals surface area contributed by atoms with Gasteiger partial charge < -0.3 is 9.72 Å². The summed E-state index contributed by atoms with van der Waals surface area (Å²) in [7, 11) is 1.55. The quantitative estimate of drug-likeness (QED) is 0.289. The van der Waals surface area contributed by atoms with Crippen molar-refractivity contribution in [2.75, 3.05) is 7.11 Å². The van der Waals surface area contributed by atoms with E-state index in [9.17, 15) is 13.2 Å². The molecule has 4 heterocycles. The summed E-state index contributed by atoms with van der Waals surface area (Å²) in [6.07, 6.45) is 0.750. The lowest BCUT2D eigenvalue weighted by Gasteiger charge is -2.11. The molecule has 1 N–H and O–H groups in total. The number of nitrogens with one attached hydrogen (secondary N) is 1. The first-order valence-electron chi connectivity index (χ1n) is 11.8. The van der Waals surface area contributed by atoms with Gasteiger partial charge in [-0.3, -0.25) is 4.57 Å². The van der Waals surface area contributed by atoms with Crippen LogP contribution in [0.3, 0.4) is 0 Å². The topological polar surface area (TPSA) is 99.3 Å². The van der Waals surface area contributed by atoms with Crippen molar-refractivity contribution in [2.45, 2.75) is 38.4 Å². The predicted molar refractivity (Wildman–Crippen MR) is 135 cm³/mol. The Morgan fingerprint density at radius 1 is 1.13 bits per heavy atom. The van der Waals surface area contributed by atoms with Crippen LogP contribution < -0.4 is 4.74 Å². The van der Waals surface area contributed by atoms with Gasteiger partial charge in [-0.15, -0.1) is 0 Å². The second kappa shape index (κ2) is 9.01. The molecule has 38 heavy (non-hydrogen) atoms. The molecule has 4 aromatic heterocycles. The first-order valence-corrected chi connectivity index (χ1v) is 12.2. The summed E-state index contributed by atoms with van der Waals surface area (Å²) >= 11 is 5.56. The fourth-order valence-electron chi connectivity index (χ4n) is 4.43. The third-order valence-electron chi connectivity index (χ3n) is 6.43. The number of nitrogens with zero attached hydrogens (tertiary/aromatic N) is 7. The number of benzene rings is 1. The third kappa shape index (κ3) is 4.32. The van der Waals surface area contributed by atoms with Crippen molar-refractivity contribution in [1.82, 2.24) is 39.3 Å². The van der Waals surface area contributed by atoms with Crippen molar-refractivity contribution < 1.29 is 17.9 Å². The number of fused-ring (bicyclic) bond motifs is 1. The Morgan fingerprint density at radius 2 is 1.89 bits per heavy atom. The number of H-pyrrole nitrogens is 1. The molecule has 0 unspecified atom stereocenters. The molecule has 0 spiro atoms. The fraction of sp³-hybridized carbons (Fsp3) is 0.280. The normalized spacial score (nSPS) is 13.8. The van der Waals surface area contributed by atoms with Gasteiger partial charge >= 0.3 is 6.18 Å². The fourth-order valence-corrected chi connectivity index (χ4v) is 4.69. The number of hydrogen-bond donors (Lipinski definition) is 1. The van der Waals surface area contributed by atoms with Gasteiger partial charge in [-0.2, -0.15) is 18.3 Å². The number of alkyl halides is 3. The first kappa shape index (κ1) is 24.2. The Bertz CT molecular complexity index is 1720. The zero-order chi connectivity index (χ0) is 26.6. The van der Waals surface area contributed by atoms with Crippen molar-refractivity contribution in [3.05, 3.63) is 70.3 Å². The van der Waals surface area contributed by atoms with Gasteiger partial charge in [0.25, 0.3) is 0 Å². The van der Waals surface area contributed by atoms with Crippen LogP contribution in [0.5, 0.6) is 5.88 Å². The van der Waals surface area contributed by atoms with Crippen molar-refractivity contribution in [2.24, 2.45) is 0 Å². The number of aromatic amines is 1. The zero-order valence-corrected chi connectivity index (χ0v) is 21.1. The maximum atomic E-state index is 13.1. The lowest BCUT2D eigenvalue weighted by Crippen LogP contribution is -2.07. The van der Waals surface area contributed by atoms with Crippen LogP contribution in [0.15, 0.2) is 42.9 Å². The van der Waals surface area contributed by atoms with Crippen LogP contribution in [0.4, 0.5) is 13.2 Å². The number of halogens is 3. The molecule has 0 radical (unpaired) electrons. The summed E-state index contributed by atoms with van der Waals surface area (Å²) in [5.41, 5.74) is 3.69. The summed E-state index contributed by atoms with van der Waals surface area (Å²) < 4.78 is 48.3. The molecular formula is C25H21F3N8OS. The van der Waals surface area contributed by atoms with E-state index in [1.165, 1.54) is 11.0 Å². The van der Waals surface area contributed by atoms with E-state index in [4.69, 9.17) is 21.9 Å². The highest BCUT2D eigenvalue weighted by molar-refractivity contribution is 7.71. The molecule has 13 heteroatoms. The average Bonchev–Trinajstić information content (AvgIpc) is 3.60. The summed E-state index contributed by atoms with van der Waals surface area (Å²) in [6.45, 7) is 1.97. The highest BCUT2D eigenvalue weighted by atomic mass is 32.1. The van der Waals surface area contributed by atoms with Gasteiger partial charge in [0.1, 0.15) is 17.4 Å². The van der Waals surface area contributed by atoms with Crippen molar-refractivity contribution in [3.8, 4) is 23.0 Å². The Hall–Kier alpha value is -4.13. The van der Waals surface area contributed by atoms with Crippen LogP contribution in [-0.2, 0) is 12.7 Å². The molecule has 0 atom stereocenters. The van der Waals surface area contributed by atoms with Crippen LogP contribution in [0.2, 0.25) is 0 Å². The molecule has 0 saturated heterocycles. The smallest absolute Gasteiger partial charge is 0.435 e. The number of imidazole rings is 1. The van der Waals surface area contributed by atoms with Crippen molar-refractivity contribution >= 4 is 23.4 Å². The highest BCUT2D eigenvalue weighted by Crippen LogP contribution is 2.44. The minimum atomic E-state index is -4.50. The van der Waals surface area contributed by atoms with E-state index in [1.54, 1.807) is 32.4 Å². The molecular weight excluding hydrogens is 517 g/mol. The van der Waals surface area contributed by atoms with E-state index >= 15 is 0 Å². The van der Waals surface area contributed by atoms with Crippen molar-refractivity contribution in [3.63, 3.8) is 0 Å². The minimum absolute atomic E-state index is 0.332. The highest BCUT2D eigenvalue weighted by Gasteiger charge is 2.34. The van der Waals surface area contributed by atoms with E-state index in [1.807, 2.05) is 16.7 Å². The number of aromatic nitrogens is 8. The largest absolute Gasteiger partial charge is 0.480 e. The van der Waals surface area contributed by atoms with Gasteiger partial charge in [0.05, 0.1) is 31.2 Å². The second-order valence-electron chi connectivity index (χ2n) is 9.11. The van der Waals surface area contributed by atoms with E-state index in [0.717, 1.165) is 30.2 Å². The number of rotatable bonds is 6. The summed E-state index contributed by atoms with van der Waals surface area (Å²) in [6, 6.07) is 8.13. The van der Waals surface area contributed by atoms with Gasteiger partial charge in [0, 0.05) is 11.6 Å². The number of hydrogen-bond acceptors (Lipinski definition) is 7. The summed E-state index contributed by atoms with van der Waals surface area (Å²) in [5.74, 6) is 1.20. The predicted octanol–water partition coefficient (Wildman–Crippen LogP) is 5.39. The maximum absolute atomic E-state index is 13.1. The average molecular weight is 539 g/mol. The zero-order valence-electron chi connectivity index (χ0n) is 20.3. The monoisotopic (exact) mass is 538 g/mol. The Labute approximate surface area is 219 Å². The van der Waals surface area contributed by atoms with Crippen LogP contribution in [0.1, 0.15) is 41.4 Å². The van der Waals surface area contributed by atoms with Crippen LogP contribution in [0.25, 0.3) is 28.2 Å². The molecule has 1 aromatic carbocycles. The minimum Gasteiger partial charge on any atom is -0.480 e. The Balaban J connectivity index is 1.35. The SMILES string of the molecule is COc1ncnc(C2CC2)c1-c1ncc2[nH]c(=S)n(Cc3ccc(-n4nc(C(F)(F)F)cc4C)cc3)c2n1. The molecule has 1 aliphatic rings. The second-order valence-corrected chi connectivity index (χ2v) is 9.50. The Kier molecular flexibility index (Phi) is 5.74. The molecule has 1 saturated carbocycles. The van der Waals surface area contributed by atoms with E-state index in [2.05, 4.69) is 25.0 Å². The van der Waals surface area contributed by atoms with E-state index in [0.29, 0.717) is 57.0 Å². The van der Waals surface area contributed by atoms with Gasteiger partial charge in [-0.25, -0.2) is 24.6 Å². The molecule has 194 valence electrons. The van der Waals surface area contributed by atoms with Crippen LogP contribution in [-0.4, -0.2) is 46.4 Å². The molecule has 0 amide bonds. The molecule has 6 rings (SSSR count). The Morgan fingerprint density at radius 3 is 2.55 bits per heavy atom. The summed E-state index contributed by atoms with van der Waals surface area (Å²) in [4.78, 5) is 21.2. The lowest BCUT2D eigenvalue weighted by atomic mass is 10.1. The molecule has 0 bridgehead atoms. The molecule has 0 aliphatic heterocycles. The van der Waals surface area contributed by atoms with Gasteiger partial charge in [0.15, 0.2) is 21.9 Å². The molecule has 1 fully saturated rings. The van der Waals surface area contributed by atoms with E-state index < -0.39 is 11.9 Å². The van der Waals surface area contributed by atoms with Gasteiger partial charge in [-0.05, 0) is 55.7 Å². The standard InChI is InChI=1S/C25H21F3N8OS/c1-13-9-18(25(26,27)28)34-36(13)16-7-3-14(4-8-16)11-35-22-17(32-24(35)38)10-29-21(33-22)19-20(15-5-6-15)30-12-31-23(19)37-2/h3-4,7-10,12,15H,5-6,11H2,1-2H3,(H,32,38). The summed E-state index contributed by atoms with van der Waals surface area (Å²) in [5, 5.41) is 3.72. The third-order valence-corrected chi connectivity index (χ3v) is 6.76.